The first-order valence-corrected chi connectivity index (χ1v) is 29.2. The number of hydrogen-bond donors (Lipinski definition) is 4. The van der Waals surface area contributed by atoms with Crippen LogP contribution in [0.1, 0.15) is 199 Å². The number of nitrogens with zero attached hydrogens (tertiary/aromatic N) is 4. The van der Waals surface area contributed by atoms with Crippen molar-refractivity contribution in [1.29, 1.82) is 0 Å². The second-order valence-corrected chi connectivity index (χ2v) is 27.0. The van der Waals surface area contributed by atoms with Crippen LogP contribution in [0.15, 0.2) is 18.2 Å². The summed E-state index contributed by atoms with van der Waals surface area (Å²) >= 11 is 0. The molecule has 0 saturated carbocycles. The molecule has 0 spiro atoms. The smallest absolute Gasteiger partial charge is 0.357 e. The summed E-state index contributed by atoms with van der Waals surface area (Å²) < 4.78 is 33.6. The van der Waals surface area contributed by atoms with Gasteiger partial charge in [-0.2, -0.15) is 0 Å². The molecule has 1 aromatic heterocycles. The molecule has 23 nitrogen and oxygen atoms in total. The van der Waals surface area contributed by atoms with Crippen LogP contribution < -0.4 is 21.3 Å². The third-order valence-corrected chi connectivity index (χ3v) is 11.7. The number of carbonyl (C=O) groups is 9. The summed E-state index contributed by atoms with van der Waals surface area (Å²) in [4.78, 5) is 130. The zero-order chi connectivity index (χ0) is 63.1. The van der Waals surface area contributed by atoms with Gasteiger partial charge in [0.2, 0.25) is 11.8 Å². The van der Waals surface area contributed by atoms with Crippen LogP contribution in [-0.2, 0) is 68.5 Å². The highest BCUT2D eigenvalue weighted by molar-refractivity contribution is 5.89. The molecule has 23 heteroatoms. The van der Waals surface area contributed by atoms with E-state index in [0.717, 1.165) is 0 Å². The van der Waals surface area contributed by atoms with Crippen LogP contribution in [0.3, 0.4) is 0 Å². The average molecular weight is 1180 g/mol. The van der Waals surface area contributed by atoms with Crippen molar-refractivity contribution in [3.63, 3.8) is 0 Å². The molecule has 1 aliphatic rings. The first kappa shape index (κ1) is 73.2. The lowest BCUT2D eigenvalue weighted by Crippen LogP contribution is -2.53. The minimum atomic E-state index is -1.27. The lowest BCUT2D eigenvalue weighted by Gasteiger charge is -2.33. The second kappa shape index (κ2) is 32.9. The van der Waals surface area contributed by atoms with Crippen molar-refractivity contribution in [1.82, 2.24) is 41.0 Å². The molecule has 1 saturated heterocycles. The molecule has 1 aliphatic heterocycles. The van der Waals surface area contributed by atoms with E-state index in [4.69, 9.17) is 28.4 Å². The maximum atomic E-state index is 14.1. The average Bonchev–Trinajstić information content (AvgIpc) is 3.72. The van der Waals surface area contributed by atoms with Crippen molar-refractivity contribution in [2.24, 2.45) is 0 Å². The van der Waals surface area contributed by atoms with Crippen LogP contribution in [-0.4, -0.2) is 184 Å². The highest BCUT2D eigenvalue weighted by atomic mass is 16.6. The fraction of sp³-hybridized carbons (Fsp3) is 0.767. The lowest BCUT2D eigenvalue weighted by molar-refractivity contribution is -0.163. The van der Waals surface area contributed by atoms with Crippen LogP contribution in [0.5, 0.6) is 0 Å². The summed E-state index contributed by atoms with van der Waals surface area (Å²) in [5.74, 6) is -4.15. The molecule has 4 amide bonds. The number of urea groups is 1. The number of rotatable bonds is 26. The summed E-state index contributed by atoms with van der Waals surface area (Å²) in [5, 5.41) is 10.8. The molecule has 1 aromatic rings. The Morgan fingerprint density at radius 1 is 0.482 bits per heavy atom. The normalized spacial score (nSPS) is 15.6. The zero-order valence-corrected chi connectivity index (χ0v) is 53.3. The fourth-order valence-electron chi connectivity index (χ4n) is 8.26. The molecule has 2 rings (SSSR count). The van der Waals surface area contributed by atoms with Gasteiger partial charge in [0.1, 0.15) is 57.4 Å². The van der Waals surface area contributed by atoms with Gasteiger partial charge < -0.3 is 49.7 Å². The number of ether oxygens (including phenoxy) is 6. The van der Waals surface area contributed by atoms with Gasteiger partial charge in [0.05, 0.1) is 12.2 Å². The van der Waals surface area contributed by atoms with Crippen LogP contribution >= 0.6 is 0 Å². The number of unbranched alkanes of at least 4 members (excludes halogenated alkanes) is 2. The standard InChI is InChI=1S/C60H102N8O15/c1-55(2,3)78-48(71)30-26-44(52(75)82-59(13,14)15)65-54(77)64-43(51(74)81-58(10,11)12)25-28-46(69)61-31-20-19-21-32-62-47(70)29-27-45(53(76)83-60(16,17)18)68-37-35-66(33-34-67(36-38-68)40-49(72)79-56(4,5)6)39-41-23-22-24-42(63-41)50(73)80-57(7,8)9/h22-24,43-45H,19-21,25-40H2,1-18H3,(H,61,69)(H,62,70)(H2,64,65,77). The first-order chi connectivity index (χ1) is 38.0. The Morgan fingerprint density at radius 3 is 1.40 bits per heavy atom. The largest absolute Gasteiger partial charge is 0.460 e. The molecule has 0 bridgehead atoms. The molecule has 0 radical (unpaired) electrons. The van der Waals surface area contributed by atoms with E-state index >= 15 is 0 Å². The SMILES string of the molecule is CC(C)(C)OC(=O)CCC(NC(=O)NC(CCC(=O)NCCCCCNC(=O)CCC(C(=O)OC(C)(C)C)N1CCN(CC(=O)OC(C)(C)C)CCN(Cc2cccc(C(=O)OC(C)(C)C)n2)CC1)C(=O)OC(C)(C)C)C(=O)OC(C)(C)C. The molecule has 0 aliphatic carbocycles. The van der Waals surface area contributed by atoms with Gasteiger partial charge in [0.25, 0.3) is 0 Å². The molecular formula is C60H102N8O15. The van der Waals surface area contributed by atoms with E-state index in [-0.39, 0.29) is 68.5 Å². The predicted molar refractivity (Wildman–Crippen MR) is 313 cm³/mol. The Labute approximate surface area is 493 Å². The molecule has 2 heterocycles. The van der Waals surface area contributed by atoms with Crippen molar-refractivity contribution in [3.05, 3.63) is 29.6 Å². The molecule has 1 fully saturated rings. The maximum Gasteiger partial charge on any atom is 0.357 e. The van der Waals surface area contributed by atoms with E-state index in [9.17, 15) is 43.2 Å². The number of aromatic nitrogens is 1. The summed E-state index contributed by atoms with van der Waals surface area (Å²) in [6.07, 6.45) is 1.40. The minimum absolute atomic E-state index is 0.0243. The number of amides is 4. The molecule has 3 atom stereocenters. The number of carbonyl (C=O) groups excluding carboxylic acids is 9. The van der Waals surface area contributed by atoms with Gasteiger partial charge in [-0.25, -0.2) is 24.2 Å². The van der Waals surface area contributed by atoms with Crippen LogP contribution in [0.2, 0.25) is 0 Å². The zero-order valence-electron chi connectivity index (χ0n) is 53.3. The van der Waals surface area contributed by atoms with Crippen LogP contribution in [0.4, 0.5) is 4.79 Å². The molecule has 83 heavy (non-hydrogen) atoms. The summed E-state index contributed by atoms with van der Waals surface area (Å²) in [5.41, 5.74) is -3.94. The van der Waals surface area contributed by atoms with Gasteiger partial charge in [0.15, 0.2) is 0 Å². The molecular weight excluding hydrogens is 1070 g/mol. The number of pyridine rings is 1. The van der Waals surface area contributed by atoms with E-state index in [1.807, 2.05) is 36.6 Å². The van der Waals surface area contributed by atoms with E-state index < -0.39 is 87.6 Å². The van der Waals surface area contributed by atoms with E-state index in [0.29, 0.717) is 83.9 Å². The lowest BCUT2D eigenvalue weighted by atomic mass is 10.1. The summed E-state index contributed by atoms with van der Waals surface area (Å²) in [6, 6.07) is 0.962. The van der Waals surface area contributed by atoms with Crippen molar-refractivity contribution in [2.45, 2.75) is 241 Å². The number of hydrogen-bond acceptors (Lipinski definition) is 19. The molecule has 0 aromatic carbocycles. The third-order valence-electron chi connectivity index (χ3n) is 11.7. The van der Waals surface area contributed by atoms with Crippen molar-refractivity contribution < 1.29 is 71.6 Å². The second-order valence-electron chi connectivity index (χ2n) is 27.0. The Hall–Kier alpha value is -5.94. The first-order valence-electron chi connectivity index (χ1n) is 29.2. The monoisotopic (exact) mass is 1170 g/mol. The highest BCUT2D eigenvalue weighted by Crippen LogP contribution is 2.20. The quantitative estimate of drug-likeness (QED) is 0.0449. The van der Waals surface area contributed by atoms with Gasteiger partial charge in [-0.3, -0.25) is 38.7 Å². The van der Waals surface area contributed by atoms with Crippen molar-refractivity contribution in [3.8, 4) is 0 Å². The Balaban J connectivity index is 2.07. The van der Waals surface area contributed by atoms with E-state index in [1.165, 1.54) is 0 Å². The van der Waals surface area contributed by atoms with Gasteiger partial charge in [-0.1, -0.05) is 6.07 Å². The third kappa shape index (κ3) is 34.4. The van der Waals surface area contributed by atoms with Gasteiger partial charge in [-0.05, 0) is 175 Å². The maximum absolute atomic E-state index is 14.1. The van der Waals surface area contributed by atoms with Crippen molar-refractivity contribution >= 4 is 53.7 Å². The van der Waals surface area contributed by atoms with Crippen molar-refractivity contribution in [2.75, 3.05) is 58.9 Å². The molecule has 3 unspecified atom stereocenters. The Morgan fingerprint density at radius 2 is 0.904 bits per heavy atom. The van der Waals surface area contributed by atoms with Gasteiger partial charge in [-0.15, -0.1) is 0 Å². The summed E-state index contributed by atoms with van der Waals surface area (Å²) in [7, 11) is 0. The molecule has 472 valence electrons. The van der Waals surface area contributed by atoms with E-state index in [2.05, 4.69) is 31.2 Å². The van der Waals surface area contributed by atoms with Crippen LogP contribution in [0, 0.1) is 0 Å². The Kier molecular flexibility index (Phi) is 29.0. The fourth-order valence-corrected chi connectivity index (χ4v) is 8.26. The number of esters is 6. The predicted octanol–water partition coefficient (Wildman–Crippen LogP) is 6.31. The van der Waals surface area contributed by atoms with Gasteiger partial charge in [0, 0.05) is 78.2 Å². The number of nitrogens with one attached hydrogen (secondary N) is 4. The Bertz CT molecular complexity index is 2300. The summed E-state index contributed by atoms with van der Waals surface area (Å²) in [6.45, 7) is 35.1. The minimum Gasteiger partial charge on any atom is -0.460 e. The highest BCUT2D eigenvalue weighted by Gasteiger charge is 2.35. The molecule has 4 N–H and O–H groups in total. The van der Waals surface area contributed by atoms with Crippen LogP contribution in [0.25, 0.3) is 0 Å². The topological polar surface area (TPSA) is 280 Å². The van der Waals surface area contributed by atoms with Gasteiger partial charge >= 0.3 is 41.8 Å². The van der Waals surface area contributed by atoms with E-state index in [1.54, 1.807) is 116 Å².